The van der Waals surface area contributed by atoms with Crippen molar-refractivity contribution in [2.45, 2.75) is 25.9 Å². The molecule has 0 aromatic heterocycles. The van der Waals surface area contributed by atoms with Crippen molar-refractivity contribution in [2.75, 3.05) is 7.11 Å². The third-order valence-corrected chi connectivity index (χ3v) is 6.51. The van der Waals surface area contributed by atoms with E-state index in [1.165, 1.54) is 24.9 Å². The van der Waals surface area contributed by atoms with Crippen LogP contribution in [0, 0.1) is 5.82 Å². The molecule has 1 N–H and O–H groups in total. The minimum Gasteiger partial charge on any atom is -0.466 e. The van der Waals surface area contributed by atoms with Crippen LogP contribution in [-0.4, -0.2) is 29.1 Å². The van der Waals surface area contributed by atoms with E-state index in [1.807, 2.05) is 22.4 Å². The van der Waals surface area contributed by atoms with Gasteiger partial charge in [-0.25, -0.2) is 14.2 Å². The van der Waals surface area contributed by atoms with Crippen LogP contribution in [0.4, 0.5) is 4.39 Å². The number of esters is 1. The summed E-state index contributed by atoms with van der Waals surface area (Å²) in [6, 6.07) is 13.0. The third-order valence-electron chi connectivity index (χ3n) is 5.37. The first-order valence-electron chi connectivity index (χ1n) is 10.2. The van der Waals surface area contributed by atoms with Crippen molar-refractivity contribution in [1.82, 2.24) is 10.2 Å². The Bertz CT molecular complexity index is 1190. The summed E-state index contributed by atoms with van der Waals surface area (Å²) >= 11 is 7.46. The molecule has 2 aromatic carbocycles. The van der Waals surface area contributed by atoms with Crippen molar-refractivity contribution in [1.29, 1.82) is 0 Å². The number of carbonyl (C=O) groups excluding carboxylic acids is 2. The third kappa shape index (κ3) is 4.82. The van der Waals surface area contributed by atoms with Gasteiger partial charge in [0.05, 0.1) is 30.8 Å². The Balaban J connectivity index is 1.59. The van der Waals surface area contributed by atoms with E-state index in [0.29, 0.717) is 32.7 Å². The number of halogens is 2. The van der Waals surface area contributed by atoms with Crippen molar-refractivity contribution in [3.8, 4) is 0 Å². The maximum absolute atomic E-state index is 13.9. The number of hydrogen-bond acceptors (Lipinski definition) is 6. The first-order valence-corrected chi connectivity index (χ1v) is 11.4. The molecule has 2 aromatic rings. The van der Waals surface area contributed by atoms with Crippen LogP contribution < -0.4 is 5.32 Å². The number of fused-ring (bicyclic) bond motifs is 1. The Kier molecular flexibility index (Phi) is 6.85. The zero-order chi connectivity index (χ0) is 23.5. The molecule has 4 rings (SSSR count). The van der Waals surface area contributed by atoms with Gasteiger partial charge in [0.1, 0.15) is 5.82 Å². The van der Waals surface area contributed by atoms with Crippen molar-refractivity contribution in [3.63, 3.8) is 0 Å². The average Bonchev–Trinajstić information content (AvgIpc) is 3.19. The zero-order valence-corrected chi connectivity index (χ0v) is 19.5. The monoisotopic (exact) mass is 485 g/mol. The molecule has 0 saturated heterocycles. The molecule has 0 spiro atoms. The molecule has 6 nitrogen and oxygen atoms in total. The van der Waals surface area contributed by atoms with E-state index in [1.54, 1.807) is 37.3 Å². The highest BCUT2D eigenvalue weighted by Gasteiger charge is 2.40. The molecule has 0 bridgehead atoms. The summed E-state index contributed by atoms with van der Waals surface area (Å²) in [6.45, 7) is 1.85. The molecule has 0 fully saturated rings. The van der Waals surface area contributed by atoms with Gasteiger partial charge in [-0.1, -0.05) is 53.7 Å². The number of hydrogen-bond donors (Lipinski definition) is 1. The molecule has 1 atom stereocenters. The zero-order valence-electron chi connectivity index (χ0n) is 18.0. The van der Waals surface area contributed by atoms with Crippen LogP contribution in [0.25, 0.3) is 0 Å². The number of rotatable bonds is 6. The average molecular weight is 486 g/mol. The van der Waals surface area contributed by atoms with Crippen molar-refractivity contribution in [3.05, 3.63) is 92.9 Å². The van der Waals surface area contributed by atoms with E-state index >= 15 is 0 Å². The molecule has 0 radical (unpaired) electrons. The smallest absolute Gasteiger partial charge is 0.338 e. The van der Waals surface area contributed by atoms with Gasteiger partial charge in [0, 0.05) is 22.8 Å². The number of amides is 1. The molecule has 0 saturated carbocycles. The number of carbonyl (C=O) groups is 2. The highest BCUT2D eigenvalue weighted by atomic mass is 35.5. The number of benzene rings is 2. The Morgan fingerprint density at radius 2 is 1.94 bits per heavy atom. The van der Waals surface area contributed by atoms with Gasteiger partial charge in [0.15, 0.2) is 5.17 Å². The first-order chi connectivity index (χ1) is 15.9. The molecule has 2 aliphatic rings. The predicted octanol–water partition coefficient (Wildman–Crippen LogP) is 4.93. The van der Waals surface area contributed by atoms with Crippen LogP contribution in [0.15, 0.2) is 75.9 Å². The summed E-state index contributed by atoms with van der Waals surface area (Å²) in [5.41, 5.74) is 2.85. The number of thioether (sulfide) groups is 1. The van der Waals surface area contributed by atoms with Crippen molar-refractivity contribution < 1.29 is 18.7 Å². The van der Waals surface area contributed by atoms with Crippen LogP contribution in [0.5, 0.6) is 0 Å². The van der Waals surface area contributed by atoms with Gasteiger partial charge in [0.25, 0.3) is 0 Å². The maximum atomic E-state index is 13.9. The van der Waals surface area contributed by atoms with E-state index in [9.17, 15) is 14.0 Å². The fourth-order valence-corrected chi connectivity index (χ4v) is 4.85. The number of amidine groups is 1. The van der Waals surface area contributed by atoms with Gasteiger partial charge in [-0.15, -0.1) is 0 Å². The fourth-order valence-electron chi connectivity index (χ4n) is 3.76. The lowest BCUT2D eigenvalue weighted by Crippen LogP contribution is -2.37. The summed E-state index contributed by atoms with van der Waals surface area (Å²) in [5, 5.41) is 5.84. The minimum absolute atomic E-state index is 0.0397. The summed E-state index contributed by atoms with van der Waals surface area (Å²) in [6.07, 6.45) is 0.0397. The number of nitrogens with one attached hydrogen (secondary N) is 1. The Morgan fingerprint density at radius 3 is 2.64 bits per heavy atom. The number of allylic oxidation sites excluding steroid dienone is 1. The first kappa shape index (κ1) is 23.1. The standard InChI is InChI=1S/C24H21ClFN3O3S/c1-14-21(23(31)32-2)22(15-7-9-17(25)10-8-15)29-18(13-33-24(29)28-14)11-20(30)27-12-16-5-3-4-6-19(16)26/h3-10,13,22H,11-12H2,1-2H3,(H,27,30). The Morgan fingerprint density at radius 1 is 1.21 bits per heavy atom. The lowest BCUT2D eigenvalue weighted by molar-refractivity contribution is -0.136. The van der Waals surface area contributed by atoms with Crippen LogP contribution >= 0.6 is 23.4 Å². The lowest BCUT2D eigenvalue weighted by atomic mass is 9.94. The summed E-state index contributed by atoms with van der Waals surface area (Å²) in [7, 11) is 1.33. The molecule has 2 heterocycles. The molecule has 2 aliphatic heterocycles. The maximum Gasteiger partial charge on any atom is 0.338 e. The molecule has 9 heteroatoms. The van der Waals surface area contributed by atoms with Crippen LogP contribution in [0.1, 0.15) is 30.5 Å². The molecule has 33 heavy (non-hydrogen) atoms. The SMILES string of the molecule is COC(=O)C1=C(C)N=C2SC=C(CC(=O)NCc3ccccc3F)N2C1c1ccc(Cl)cc1. The van der Waals surface area contributed by atoms with E-state index < -0.39 is 12.0 Å². The van der Waals surface area contributed by atoms with E-state index in [2.05, 4.69) is 10.3 Å². The van der Waals surface area contributed by atoms with Crippen molar-refractivity contribution in [2.24, 2.45) is 4.99 Å². The molecule has 1 amide bonds. The molecular weight excluding hydrogens is 465 g/mol. The van der Waals surface area contributed by atoms with E-state index in [-0.39, 0.29) is 24.7 Å². The largest absolute Gasteiger partial charge is 0.466 e. The second kappa shape index (κ2) is 9.80. The van der Waals surface area contributed by atoms with Crippen LogP contribution in [0.3, 0.4) is 0 Å². The van der Waals surface area contributed by atoms with Gasteiger partial charge in [-0.2, -0.15) is 0 Å². The summed E-state index contributed by atoms with van der Waals surface area (Å²) < 4.78 is 18.9. The molecule has 0 aliphatic carbocycles. The Labute approximate surface area is 200 Å². The molecular formula is C24H21ClFN3O3S. The number of ether oxygens (including phenoxy) is 1. The van der Waals surface area contributed by atoms with Crippen LogP contribution in [-0.2, 0) is 20.9 Å². The van der Waals surface area contributed by atoms with Gasteiger partial charge in [-0.05, 0) is 36.1 Å². The normalized spacial score (nSPS) is 17.3. The van der Waals surface area contributed by atoms with E-state index in [4.69, 9.17) is 16.3 Å². The molecule has 1 unspecified atom stereocenters. The van der Waals surface area contributed by atoms with Gasteiger partial charge in [0.2, 0.25) is 5.91 Å². The Hall–Kier alpha value is -3.10. The number of methoxy groups -OCH3 is 1. The highest BCUT2D eigenvalue weighted by Crippen LogP contribution is 2.44. The fraction of sp³-hybridized carbons (Fsp3) is 0.208. The van der Waals surface area contributed by atoms with E-state index in [0.717, 1.165) is 5.56 Å². The number of nitrogens with zero attached hydrogens (tertiary/aromatic N) is 2. The molecule has 170 valence electrons. The second-order valence-electron chi connectivity index (χ2n) is 7.48. The summed E-state index contributed by atoms with van der Waals surface area (Å²) in [4.78, 5) is 31.9. The summed E-state index contributed by atoms with van der Waals surface area (Å²) in [5.74, 6) is -1.13. The topological polar surface area (TPSA) is 71.0 Å². The van der Waals surface area contributed by atoms with Gasteiger partial charge >= 0.3 is 5.97 Å². The number of aliphatic imine (C=N–C) groups is 1. The van der Waals surface area contributed by atoms with Gasteiger partial charge < -0.3 is 15.0 Å². The quantitative estimate of drug-likeness (QED) is 0.587. The highest BCUT2D eigenvalue weighted by molar-refractivity contribution is 8.16. The lowest BCUT2D eigenvalue weighted by Gasteiger charge is -2.36. The minimum atomic E-state index is -0.525. The van der Waals surface area contributed by atoms with Gasteiger partial charge in [-0.3, -0.25) is 4.79 Å². The van der Waals surface area contributed by atoms with Crippen LogP contribution in [0.2, 0.25) is 5.02 Å². The predicted molar refractivity (Wildman–Crippen MR) is 127 cm³/mol. The second-order valence-corrected chi connectivity index (χ2v) is 8.75. The van der Waals surface area contributed by atoms with Crippen molar-refractivity contribution >= 4 is 40.4 Å².